The van der Waals surface area contributed by atoms with Crippen LogP contribution in [0.3, 0.4) is 0 Å². The van der Waals surface area contributed by atoms with E-state index in [4.69, 9.17) is 4.74 Å². The lowest BCUT2D eigenvalue weighted by Gasteiger charge is -2.39. The molecule has 1 N–H and O–H groups in total. The van der Waals surface area contributed by atoms with E-state index in [2.05, 4.69) is 27.3 Å². The molecule has 1 atom stereocenters. The van der Waals surface area contributed by atoms with Crippen LogP contribution in [0.25, 0.3) is 0 Å². The lowest BCUT2D eigenvalue weighted by molar-refractivity contribution is -0.181. The minimum Gasteiger partial charge on any atom is -0.378 e. The summed E-state index contributed by atoms with van der Waals surface area (Å²) in [5, 5.41) is 3.39. The van der Waals surface area contributed by atoms with Gasteiger partial charge in [-0.3, -0.25) is 9.89 Å². The molecule has 1 aromatic rings. The van der Waals surface area contributed by atoms with Crippen LogP contribution in [-0.4, -0.2) is 87.5 Å². The maximum Gasteiger partial charge on any atom is 0.403 e. The number of halogens is 4. The Kier molecular flexibility index (Phi) is 9.48. The standard InChI is InChI=1S/C20H30F3N5O.HI/c1-16(20(21,22)23)26-7-9-28(10-8-26)19(24-2)25-15-17-5-3-4-6-18(17)27-11-13-29-14-12-27;/h3-6,16H,7-15H2,1-2H3,(H,24,25);1H. The Morgan fingerprint density at radius 2 is 1.73 bits per heavy atom. The second kappa shape index (κ2) is 11.4. The van der Waals surface area contributed by atoms with Gasteiger partial charge >= 0.3 is 6.18 Å². The number of morpholine rings is 1. The molecule has 0 radical (unpaired) electrons. The Hall–Kier alpha value is -1.27. The van der Waals surface area contributed by atoms with Crippen molar-refractivity contribution in [3.05, 3.63) is 29.8 Å². The van der Waals surface area contributed by atoms with Gasteiger partial charge in [0.25, 0.3) is 0 Å². The quantitative estimate of drug-likeness (QED) is 0.361. The smallest absolute Gasteiger partial charge is 0.378 e. The third-order valence-corrected chi connectivity index (χ3v) is 5.63. The van der Waals surface area contributed by atoms with E-state index in [1.165, 1.54) is 23.1 Å². The van der Waals surface area contributed by atoms with Crippen molar-refractivity contribution in [1.82, 2.24) is 15.1 Å². The lowest BCUT2D eigenvalue weighted by Crippen LogP contribution is -2.56. The Labute approximate surface area is 193 Å². The largest absolute Gasteiger partial charge is 0.403 e. The number of piperazine rings is 1. The van der Waals surface area contributed by atoms with Gasteiger partial charge in [0.2, 0.25) is 0 Å². The second-order valence-electron chi connectivity index (χ2n) is 7.37. The number of nitrogens with zero attached hydrogens (tertiary/aromatic N) is 4. The van der Waals surface area contributed by atoms with E-state index in [0.717, 1.165) is 32.3 Å². The highest BCUT2D eigenvalue weighted by molar-refractivity contribution is 14.0. The molecule has 0 spiro atoms. The highest BCUT2D eigenvalue weighted by Crippen LogP contribution is 2.25. The van der Waals surface area contributed by atoms with Crippen LogP contribution >= 0.6 is 24.0 Å². The van der Waals surface area contributed by atoms with Crippen LogP contribution in [0.2, 0.25) is 0 Å². The van der Waals surface area contributed by atoms with Crippen LogP contribution in [0.15, 0.2) is 29.3 Å². The van der Waals surface area contributed by atoms with Crippen molar-refractivity contribution >= 4 is 35.6 Å². The van der Waals surface area contributed by atoms with Gasteiger partial charge in [0, 0.05) is 58.5 Å². The summed E-state index contributed by atoms with van der Waals surface area (Å²) in [6.45, 7) is 6.79. The first kappa shape index (κ1) is 25.0. The van der Waals surface area contributed by atoms with Gasteiger partial charge in [0.15, 0.2) is 5.96 Å². The van der Waals surface area contributed by atoms with E-state index < -0.39 is 12.2 Å². The molecule has 0 bridgehead atoms. The summed E-state index contributed by atoms with van der Waals surface area (Å²) in [7, 11) is 1.71. The van der Waals surface area contributed by atoms with Crippen molar-refractivity contribution < 1.29 is 17.9 Å². The number of para-hydroxylation sites is 1. The minimum atomic E-state index is -4.19. The zero-order valence-corrected chi connectivity index (χ0v) is 19.8. The van der Waals surface area contributed by atoms with Crippen LogP contribution in [0, 0.1) is 0 Å². The first-order valence-electron chi connectivity index (χ1n) is 10.1. The molecular formula is C20H31F3IN5O. The zero-order valence-electron chi connectivity index (χ0n) is 17.5. The molecule has 30 heavy (non-hydrogen) atoms. The van der Waals surface area contributed by atoms with E-state index >= 15 is 0 Å². The van der Waals surface area contributed by atoms with Gasteiger partial charge in [-0.15, -0.1) is 24.0 Å². The van der Waals surface area contributed by atoms with E-state index in [-0.39, 0.29) is 24.0 Å². The first-order valence-corrected chi connectivity index (χ1v) is 10.1. The zero-order chi connectivity index (χ0) is 20.9. The van der Waals surface area contributed by atoms with Crippen LogP contribution in [0.5, 0.6) is 0 Å². The predicted octanol–water partition coefficient (Wildman–Crippen LogP) is 2.79. The highest BCUT2D eigenvalue weighted by atomic mass is 127. The van der Waals surface area contributed by atoms with Crippen LogP contribution < -0.4 is 10.2 Å². The molecule has 10 heteroatoms. The lowest BCUT2D eigenvalue weighted by atomic mass is 10.1. The fourth-order valence-electron chi connectivity index (χ4n) is 3.81. The summed E-state index contributed by atoms with van der Waals surface area (Å²) in [6.07, 6.45) is -4.19. The fraction of sp³-hybridized carbons (Fsp3) is 0.650. The summed E-state index contributed by atoms with van der Waals surface area (Å²) < 4.78 is 44.3. The molecule has 0 amide bonds. The maximum atomic E-state index is 13.0. The molecule has 2 fully saturated rings. The molecule has 2 saturated heterocycles. The molecule has 1 unspecified atom stereocenters. The van der Waals surface area contributed by atoms with Crippen molar-refractivity contribution in [2.75, 3.05) is 64.4 Å². The molecule has 2 heterocycles. The van der Waals surface area contributed by atoms with Gasteiger partial charge in [-0.25, -0.2) is 0 Å². The number of hydrogen-bond donors (Lipinski definition) is 1. The summed E-state index contributed by atoms with van der Waals surface area (Å²) >= 11 is 0. The van der Waals surface area contributed by atoms with Gasteiger partial charge in [0.05, 0.1) is 13.2 Å². The highest BCUT2D eigenvalue weighted by Gasteiger charge is 2.41. The third kappa shape index (κ3) is 6.36. The van der Waals surface area contributed by atoms with Crippen molar-refractivity contribution in [3.63, 3.8) is 0 Å². The Morgan fingerprint density at radius 3 is 2.33 bits per heavy atom. The summed E-state index contributed by atoms with van der Waals surface area (Å²) in [6, 6.07) is 6.83. The number of anilines is 1. The number of alkyl halides is 3. The number of nitrogens with one attached hydrogen (secondary N) is 1. The number of ether oxygens (including phenoxy) is 1. The normalized spacial score (nSPS) is 20.0. The van der Waals surface area contributed by atoms with Crippen molar-refractivity contribution in [2.24, 2.45) is 4.99 Å². The Bertz CT molecular complexity index is 689. The summed E-state index contributed by atoms with van der Waals surface area (Å²) in [4.78, 5) is 10.2. The maximum absolute atomic E-state index is 13.0. The van der Waals surface area contributed by atoms with E-state index in [9.17, 15) is 13.2 Å². The number of hydrogen-bond acceptors (Lipinski definition) is 4. The van der Waals surface area contributed by atoms with E-state index in [0.29, 0.717) is 32.7 Å². The molecular weight excluding hydrogens is 510 g/mol. The first-order chi connectivity index (χ1) is 13.9. The number of aliphatic imine (C=N–C) groups is 1. The summed E-state index contributed by atoms with van der Waals surface area (Å²) in [5.41, 5.74) is 2.35. The van der Waals surface area contributed by atoms with Gasteiger partial charge in [-0.2, -0.15) is 13.2 Å². The van der Waals surface area contributed by atoms with Gasteiger partial charge in [-0.05, 0) is 18.6 Å². The van der Waals surface area contributed by atoms with Crippen LogP contribution in [-0.2, 0) is 11.3 Å². The third-order valence-electron chi connectivity index (χ3n) is 5.63. The molecule has 6 nitrogen and oxygen atoms in total. The molecule has 0 aliphatic carbocycles. The van der Waals surface area contributed by atoms with Gasteiger partial charge in [0.1, 0.15) is 6.04 Å². The SMILES string of the molecule is CN=C(NCc1ccccc1N1CCOCC1)N1CCN(C(C)C(F)(F)F)CC1.I. The molecule has 0 aromatic heterocycles. The van der Waals surface area contributed by atoms with Crippen LogP contribution in [0.4, 0.5) is 18.9 Å². The fourth-order valence-corrected chi connectivity index (χ4v) is 3.81. The Morgan fingerprint density at radius 1 is 1.10 bits per heavy atom. The Balaban J connectivity index is 0.00000320. The predicted molar refractivity (Wildman–Crippen MR) is 124 cm³/mol. The van der Waals surface area contributed by atoms with Gasteiger partial charge < -0.3 is 19.9 Å². The average molecular weight is 541 g/mol. The second-order valence-corrected chi connectivity index (χ2v) is 7.37. The summed E-state index contributed by atoms with van der Waals surface area (Å²) in [5.74, 6) is 0.723. The minimum absolute atomic E-state index is 0. The van der Waals surface area contributed by atoms with E-state index in [1.54, 1.807) is 7.05 Å². The number of guanidine groups is 1. The van der Waals surface area contributed by atoms with Crippen molar-refractivity contribution in [2.45, 2.75) is 25.7 Å². The van der Waals surface area contributed by atoms with Gasteiger partial charge in [-0.1, -0.05) is 18.2 Å². The van der Waals surface area contributed by atoms with Crippen LogP contribution in [0.1, 0.15) is 12.5 Å². The number of benzene rings is 1. The molecule has 2 aliphatic rings. The van der Waals surface area contributed by atoms with Crippen molar-refractivity contribution in [1.29, 1.82) is 0 Å². The number of rotatable bonds is 4. The molecule has 2 aliphatic heterocycles. The van der Waals surface area contributed by atoms with E-state index in [1.807, 2.05) is 17.0 Å². The molecule has 0 saturated carbocycles. The monoisotopic (exact) mass is 541 g/mol. The molecule has 170 valence electrons. The molecule has 1 aromatic carbocycles. The average Bonchev–Trinajstić information content (AvgIpc) is 2.74. The topological polar surface area (TPSA) is 43.3 Å². The van der Waals surface area contributed by atoms with Crippen molar-refractivity contribution in [3.8, 4) is 0 Å². The molecule has 3 rings (SSSR count).